The zero-order valence-corrected chi connectivity index (χ0v) is 9.78. The van der Waals surface area contributed by atoms with Crippen LogP contribution in [-0.4, -0.2) is 36.5 Å². The predicted octanol–water partition coefficient (Wildman–Crippen LogP) is 1.34. The summed E-state index contributed by atoms with van der Waals surface area (Å²) in [6.45, 7) is 0.717. The van der Waals surface area contributed by atoms with Crippen molar-refractivity contribution < 1.29 is 14.3 Å². The smallest absolute Gasteiger partial charge is 0.396 e. The summed E-state index contributed by atoms with van der Waals surface area (Å²) in [5.41, 5.74) is 0. The Morgan fingerprint density at radius 3 is 2.56 bits per heavy atom. The molecule has 4 heteroatoms. The first kappa shape index (κ1) is 11.4. The number of piperidine rings is 1. The molecular weight excluding hydrogens is 206 g/mol. The molecule has 0 aromatic rings. The standard InChI is InChI=1S/C12H19NO3/c1-16-12(15)11(14)13-8-4-6-9-5-2-3-7-10(9)13/h9-10H,2-8H2,1H3/t9-,10-/m1/s1. The van der Waals surface area contributed by atoms with Crippen molar-refractivity contribution in [2.45, 2.75) is 44.6 Å². The first-order valence-corrected chi connectivity index (χ1v) is 6.13. The van der Waals surface area contributed by atoms with Crippen molar-refractivity contribution in [2.24, 2.45) is 5.92 Å². The van der Waals surface area contributed by atoms with Crippen LogP contribution in [0.15, 0.2) is 0 Å². The molecule has 16 heavy (non-hydrogen) atoms. The number of carbonyl (C=O) groups excluding carboxylic acids is 2. The van der Waals surface area contributed by atoms with Gasteiger partial charge in [0, 0.05) is 12.6 Å². The van der Waals surface area contributed by atoms with Gasteiger partial charge in [-0.2, -0.15) is 0 Å². The lowest BCUT2D eigenvalue weighted by molar-refractivity contribution is -0.161. The number of fused-ring (bicyclic) bond motifs is 1. The highest BCUT2D eigenvalue weighted by molar-refractivity contribution is 6.32. The number of likely N-dealkylation sites (tertiary alicyclic amines) is 1. The lowest BCUT2D eigenvalue weighted by atomic mass is 9.78. The Labute approximate surface area is 95.9 Å². The molecule has 4 nitrogen and oxygen atoms in total. The summed E-state index contributed by atoms with van der Waals surface area (Å²) in [5, 5.41) is 0. The highest BCUT2D eigenvalue weighted by Gasteiger charge is 2.37. The van der Waals surface area contributed by atoms with E-state index in [1.807, 2.05) is 0 Å². The van der Waals surface area contributed by atoms with Crippen molar-refractivity contribution in [2.75, 3.05) is 13.7 Å². The van der Waals surface area contributed by atoms with Gasteiger partial charge < -0.3 is 9.64 Å². The molecule has 2 fully saturated rings. The third-order valence-electron chi connectivity index (χ3n) is 3.86. The maximum atomic E-state index is 11.8. The average molecular weight is 225 g/mol. The maximum Gasteiger partial charge on any atom is 0.396 e. The normalized spacial score (nSPS) is 29.4. The Morgan fingerprint density at radius 1 is 1.12 bits per heavy atom. The molecule has 1 heterocycles. The number of esters is 1. The third kappa shape index (κ3) is 2.06. The van der Waals surface area contributed by atoms with Gasteiger partial charge in [-0.3, -0.25) is 4.79 Å². The number of carbonyl (C=O) groups is 2. The van der Waals surface area contributed by atoms with Crippen molar-refractivity contribution in [1.82, 2.24) is 4.90 Å². The van der Waals surface area contributed by atoms with Crippen LogP contribution in [0.3, 0.4) is 0 Å². The fraction of sp³-hybridized carbons (Fsp3) is 0.833. The van der Waals surface area contributed by atoms with E-state index >= 15 is 0 Å². The molecule has 90 valence electrons. The van der Waals surface area contributed by atoms with Gasteiger partial charge in [0.15, 0.2) is 0 Å². The molecule has 0 radical (unpaired) electrons. The predicted molar refractivity (Wildman–Crippen MR) is 58.7 cm³/mol. The SMILES string of the molecule is COC(=O)C(=O)N1CCC[C@H]2CCCC[C@H]21. The number of nitrogens with zero attached hydrogens (tertiary/aromatic N) is 1. The number of amides is 1. The van der Waals surface area contributed by atoms with E-state index in [4.69, 9.17) is 0 Å². The molecule has 0 N–H and O–H groups in total. The van der Waals surface area contributed by atoms with Crippen LogP contribution in [0.5, 0.6) is 0 Å². The van der Waals surface area contributed by atoms with Crippen LogP contribution in [-0.2, 0) is 14.3 Å². The Bertz CT molecular complexity index is 288. The fourth-order valence-corrected chi connectivity index (χ4v) is 3.08. The van der Waals surface area contributed by atoms with Gasteiger partial charge in [-0.15, -0.1) is 0 Å². The Morgan fingerprint density at radius 2 is 1.81 bits per heavy atom. The van der Waals surface area contributed by atoms with Crippen molar-refractivity contribution in [3.05, 3.63) is 0 Å². The summed E-state index contributed by atoms with van der Waals surface area (Å²) >= 11 is 0. The molecule has 0 spiro atoms. The molecule has 0 aromatic heterocycles. The van der Waals surface area contributed by atoms with Crippen LogP contribution in [0, 0.1) is 5.92 Å². The lowest BCUT2D eigenvalue weighted by Gasteiger charge is -2.43. The molecule has 1 aliphatic carbocycles. The van der Waals surface area contributed by atoms with E-state index in [2.05, 4.69) is 4.74 Å². The molecule has 1 aliphatic heterocycles. The van der Waals surface area contributed by atoms with Crippen molar-refractivity contribution >= 4 is 11.9 Å². The Kier molecular flexibility index (Phi) is 3.46. The van der Waals surface area contributed by atoms with Gasteiger partial charge in [0.1, 0.15) is 0 Å². The Hall–Kier alpha value is -1.06. The van der Waals surface area contributed by atoms with Crippen LogP contribution in [0.4, 0.5) is 0 Å². The summed E-state index contributed by atoms with van der Waals surface area (Å²) in [6, 6.07) is 0.286. The molecule has 1 saturated carbocycles. The summed E-state index contributed by atoms with van der Waals surface area (Å²) in [5.74, 6) is -0.554. The average Bonchev–Trinajstić information content (AvgIpc) is 2.36. The van der Waals surface area contributed by atoms with Gasteiger partial charge >= 0.3 is 11.9 Å². The van der Waals surface area contributed by atoms with E-state index in [1.54, 1.807) is 4.90 Å². The minimum atomic E-state index is -0.716. The molecule has 1 amide bonds. The van der Waals surface area contributed by atoms with Crippen LogP contribution in [0.25, 0.3) is 0 Å². The maximum absolute atomic E-state index is 11.8. The topological polar surface area (TPSA) is 46.6 Å². The van der Waals surface area contributed by atoms with Gasteiger partial charge in [0.2, 0.25) is 0 Å². The molecule has 2 aliphatic rings. The zero-order chi connectivity index (χ0) is 11.5. The highest BCUT2D eigenvalue weighted by atomic mass is 16.5. The molecule has 0 aromatic carbocycles. The largest absolute Gasteiger partial charge is 0.462 e. The molecule has 0 unspecified atom stereocenters. The van der Waals surface area contributed by atoms with Crippen LogP contribution in [0.2, 0.25) is 0 Å². The monoisotopic (exact) mass is 225 g/mol. The number of hydrogen-bond acceptors (Lipinski definition) is 3. The summed E-state index contributed by atoms with van der Waals surface area (Å²) < 4.78 is 4.51. The van der Waals surface area contributed by atoms with Crippen LogP contribution < -0.4 is 0 Å². The van der Waals surface area contributed by atoms with Gasteiger partial charge in [-0.25, -0.2) is 4.79 Å². The molecule has 2 rings (SSSR count). The zero-order valence-electron chi connectivity index (χ0n) is 9.78. The summed E-state index contributed by atoms with van der Waals surface area (Å²) in [6.07, 6.45) is 6.91. The highest BCUT2D eigenvalue weighted by Crippen LogP contribution is 2.35. The lowest BCUT2D eigenvalue weighted by Crippen LogP contribution is -2.52. The minimum absolute atomic E-state index is 0.286. The summed E-state index contributed by atoms with van der Waals surface area (Å²) in [7, 11) is 1.27. The van der Waals surface area contributed by atoms with Gasteiger partial charge in [0.05, 0.1) is 7.11 Å². The van der Waals surface area contributed by atoms with Crippen molar-refractivity contribution in [3.8, 4) is 0 Å². The van der Waals surface area contributed by atoms with E-state index in [0.29, 0.717) is 5.92 Å². The quantitative estimate of drug-likeness (QED) is 0.461. The molecule has 2 atom stereocenters. The van der Waals surface area contributed by atoms with E-state index in [1.165, 1.54) is 32.8 Å². The second-order valence-corrected chi connectivity index (χ2v) is 4.74. The van der Waals surface area contributed by atoms with E-state index in [9.17, 15) is 9.59 Å². The minimum Gasteiger partial charge on any atom is -0.462 e. The molecule has 1 saturated heterocycles. The van der Waals surface area contributed by atoms with Crippen LogP contribution in [0.1, 0.15) is 38.5 Å². The number of rotatable bonds is 0. The van der Waals surface area contributed by atoms with Gasteiger partial charge in [0.25, 0.3) is 0 Å². The number of hydrogen-bond donors (Lipinski definition) is 0. The van der Waals surface area contributed by atoms with Crippen molar-refractivity contribution in [3.63, 3.8) is 0 Å². The fourth-order valence-electron chi connectivity index (χ4n) is 3.08. The first-order valence-electron chi connectivity index (χ1n) is 6.13. The van der Waals surface area contributed by atoms with E-state index in [0.717, 1.165) is 19.4 Å². The molecular formula is C12H19NO3. The van der Waals surface area contributed by atoms with E-state index < -0.39 is 11.9 Å². The molecule has 0 bridgehead atoms. The Balaban J connectivity index is 2.07. The third-order valence-corrected chi connectivity index (χ3v) is 3.86. The first-order chi connectivity index (χ1) is 7.74. The number of ether oxygens (including phenoxy) is 1. The van der Waals surface area contributed by atoms with Crippen LogP contribution >= 0.6 is 0 Å². The van der Waals surface area contributed by atoms with Gasteiger partial charge in [-0.1, -0.05) is 12.8 Å². The summed E-state index contributed by atoms with van der Waals surface area (Å²) in [4.78, 5) is 24.9. The number of methoxy groups -OCH3 is 1. The van der Waals surface area contributed by atoms with E-state index in [-0.39, 0.29) is 6.04 Å². The second-order valence-electron chi connectivity index (χ2n) is 4.74. The van der Waals surface area contributed by atoms with Crippen molar-refractivity contribution in [1.29, 1.82) is 0 Å². The van der Waals surface area contributed by atoms with Gasteiger partial charge in [-0.05, 0) is 31.6 Å². The second kappa shape index (κ2) is 4.85.